The third kappa shape index (κ3) is 5.77. The van der Waals surface area contributed by atoms with Gasteiger partial charge in [0.05, 0.1) is 4.90 Å². The second-order valence-electron chi connectivity index (χ2n) is 6.83. The first-order chi connectivity index (χ1) is 12.9. The summed E-state index contributed by atoms with van der Waals surface area (Å²) in [5, 5.41) is 5.34. The number of rotatable bonds is 7. The number of hydrogen-bond donors (Lipinski definition) is 2. The molecule has 150 valence electrons. The zero-order valence-electron chi connectivity index (χ0n) is 16.0. The monoisotopic (exact) mass is 395 g/mol. The Labute approximate surface area is 161 Å². The Bertz CT molecular complexity index is 739. The average molecular weight is 396 g/mol. The quantitative estimate of drug-likeness (QED) is 0.737. The Balaban J connectivity index is 2.03. The van der Waals surface area contributed by atoms with Crippen LogP contribution in [0.25, 0.3) is 0 Å². The van der Waals surface area contributed by atoms with Gasteiger partial charge in [0.15, 0.2) is 0 Å². The van der Waals surface area contributed by atoms with Crippen LogP contribution in [0.2, 0.25) is 0 Å². The van der Waals surface area contributed by atoms with Gasteiger partial charge in [0.2, 0.25) is 15.9 Å². The van der Waals surface area contributed by atoms with E-state index in [0.717, 1.165) is 32.1 Å². The van der Waals surface area contributed by atoms with Crippen LogP contribution in [-0.2, 0) is 14.8 Å². The largest absolute Gasteiger partial charge is 0.354 e. The summed E-state index contributed by atoms with van der Waals surface area (Å²) in [6.07, 6.45) is 4.67. The minimum atomic E-state index is -3.54. The zero-order valence-corrected chi connectivity index (χ0v) is 16.8. The molecule has 1 aromatic rings. The lowest BCUT2D eigenvalue weighted by molar-refractivity contribution is -0.122. The maximum Gasteiger partial charge on any atom is 0.251 e. The number of hydrogen-bond acceptors (Lipinski definition) is 4. The van der Waals surface area contributed by atoms with E-state index in [9.17, 15) is 18.0 Å². The molecule has 0 aromatic heterocycles. The van der Waals surface area contributed by atoms with E-state index < -0.39 is 22.0 Å². The molecule has 2 rings (SSSR count). The predicted octanol–water partition coefficient (Wildman–Crippen LogP) is 1.90. The van der Waals surface area contributed by atoms with Crippen molar-refractivity contribution >= 4 is 21.8 Å². The molecule has 0 saturated carbocycles. The lowest BCUT2D eigenvalue weighted by atomic mass is 10.2. The summed E-state index contributed by atoms with van der Waals surface area (Å²) in [6.45, 7) is 5.19. The van der Waals surface area contributed by atoms with Gasteiger partial charge >= 0.3 is 0 Å². The van der Waals surface area contributed by atoms with Gasteiger partial charge in [0.1, 0.15) is 6.04 Å². The molecule has 1 saturated heterocycles. The molecule has 0 spiro atoms. The molecular formula is C19H29N3O4S. The normalized spacial score (nSPS) is 17.0. The fraction of sp³-hybridized carbons (Fsp3) is 0.579. The van der Waals surface area contributed by atoms with Crippen molar-refractivity contribution in [2.24, 2.45) is 0 Å². The van der Waals surface area contributed by atoms with E-state index in [0.29, 0.717) is 25.2 Å². The summed E-state index contributed by atoms with van der Waals surface area (Å²) in [6, 6.07) is 5.21. The van der Waals surface area contributed by atoms with Crippen LogP contribution in [0.1, 0.15) is 56.3 Å². The maximum absolute atomic E-state index is 12.8. The first kappa shape index (κ1) is 21.4. The fourth-order valence-electron chi connectivity index (χ4n) is 2.96. The molecule has 2 N–H and O–H groups in total. The van der Waals surface area contributed by atoms with Crippen LogP contribution in [-0.4, -0.2) is 50.2 Å². The Kier molecular flexibility index (Phi) is 7.79. The molecule has 1 fully saturated rings. The van der Waals surface area contributed by atoms with E-state index >= 15 is 0 Å². The Morgan fingerprint density at radius 3 is 2.22 bits per heavy atom. The summed E-state index contributed by atoms with van der Waals surface area (Å²) < 4.78 is 27.0. The highest BCUT2D eigenvalue weighted by molar-refractivity contribution is 7.89. The van der Waals surface area contributed by atoms with Gasteiger partial charge < -0.3 is 10.6 Å². The highest BCUT2D eigenvalue weighted by Gasteiger charge is 2.25. The SMILES string of the molecule is CCCNC(=O)[C@@H](C)NC(=O)c1ccc(S(=O)(=O)N2CCCCCC2)cc1. The second kappa shape index (κ2) is 9.85. The number of sulfonamides is 1. The zero-order chi connectivity index (χ0) is 19.9. The van der Waals surface area contributed by atoms with Gasteiger partial charge in [-0.2, -0.15) is 4.31 Å². The van der Waals surface area contributed by atoms with Crippen LogP contribution in [0.15, 0.2) is 29.2 Å². The van der Waals surface area contributed by atoms with Gasteiger partial charge in [-0.1, -0.05) is 19.8 Å². The van der Waals surface area contributed by atoms with Crippen LogP contribution in [0.5, 0.6) is 0 Å². The second-order valence-corrected chi connectivity index (χ2v) is 8.77. The number of nitrogens with one attached hydrogen (secondary N) is 2. The topological polar surface area (TPSA) is 95.6 Å². The standard InChI is InChI=1S/C19H29N3O4S/c1-3-12-20-18(23)15(2)21-19(24)16-8-10-17(11-9-16)27(25,26)22-13-6-4-5-7-14-22/h8-11,15H,3-7,12-14H2,1-2H3,(H,20,23)(H,21,24)/t15-/m1/s1. The molecule has 0 bridgehead atoms. The molecule has 1 aromatic carbocycles. The molecule has 2 amide bonds. The summed E-state index contributed by atoms with van der Waals surface area (Å²) in [5.74, 6) is -0.654. The van der Waals surface area contributed by atoms with Gasteiger partial charge in [-0.15, -0.1) is 0 Å². The fourth-order valence-corrected chi connectivity index (χ4v) is 4.47. The lowest BCUT2D eigenvalue weighted by Gasteiger charge is -2.20. The van der Waals surface area contributed by atoms with Gasteiger partial charge in [-0.25, -0.2) is 8.42 Å². The molecule has 1 aliphatic rings. The highest BCUT2D eigenvalue weighted by Crippen LogP contribution is 2.20. The number of nitrogens with zero attached hydrogens (tertiary/aromatic N) is 1. The van der Waals surface area contributed by atoms with E-state index in [1.165, 1.54) is 28.6 Å². The molecule has 0 unspecified atom stereocenters. The Hall–Kier alpha value is -1.93. The summed E-state index contributed by atoms with van der Waals surface area (Å²) in [5.41, 5.74) is 0.319. The van der Waals surface area contributed by atoms with Crippen LogP contribution < -0.4 is 10.6 Å². The van der Waals surface area contributed by atoms with Crippen LogP contribution >= 0.6 is 0 Å². The molecule has 8 heteroatoms. The molecule has 27 heavy (non-hydrogen) atoms. The first-order valence-corrected chi connectivity index (χ1v) is 11.0. The molecule has 1 aliphatic heterocycles. The third-order valence-corrected chi connectivity index (χ3v) is 6.52. The number of carbonyl (C=O) groups excluding carboxylic acids is 2. The van der Waals surface area contributed by atoms with E-state index in [1.54, 1.807) is 6.92 Å². The van der Waals surface area contributed by atoms with Gasteiger partial charge in [0.25, 0.3) is 5.91 Å². The van der Waals surface area contributed by atoms with Crippen molar-refractivity contribution in [3.05, 3.63) is 29.8 Å². The van der Waals surface area contributed by atoms with Crippen LogP contribution in [0.4, 0.5) is 0 Å². The van der Waals surface area contributed by atoms with Crippen molar-refractivity contribution in [1.29, 1.82) is 0 Å². The van der Waals surface area contributed by atoms with Crippen LogP contribution in [0, 0.1) is 0 Å². The molecular weight excluding hydrogens is 366 g/mol. The molecule has 7 nitrogen and oxygen atoms in total. The smallest absolute Gasteiger partial charge is 0.251 e. The highest BCUT2D eigenvalue weighted by atomic mass is 32.2. The molecule has 1 heterocycles. The van der Waals surface area contributed by atoms with Crippen molar-refractivity contribution < 1.29 is 18.0 Å². The van der Waals surface area contributed by atoms with Gasteiger partial charge in [-0.3, -0.25) is 9.59 Å². The predicted molar refractivity (Wildman–Crippen MR) is 104 cm³/mol. The number of benzene rings is 1. The van der Waals surface area contributed by atoms with E-state index in [1.807, 2.05) is 6.92 Å². The lowest BCUT2D eigenvalue weighted by Crippen LogP contribution is -2.45. The minimum absolute atomic E-state index is 0.190. The van der Waals surface area contributed by atoms with Gasteiger partial charge in [-0.05, 0) is 50.5 Å². The molecule has 0 radical (unpaired) electrons. The van der Waals surface area contributed by atoms with Crippen molar-refractivity contribution in [2.45, 2.75) is 56.9 Å². The first-order valence-electron chi connectivity index (χ1n) is 9.55. The molecule has 1 atom stereocenters. The Morgan fingerprint density at radius 2 is 1.67 bits per heavy atom. The maximum atomic E-state index is 12.8. The third-order valence-electron chi connectivity index (χ3n) is 4.61. The van der Waals surface area contributed by atoms with Crippen molar-refractivity contribution in [3.8, 4) is 0 Å². The minimum Gasteiger partial charge on any atom is -0.354 e. The molecule has 0 aliphatic carbocycles. The van der Waals surface area contributed by atoms with E-state index in [4.69, 9.17) is 0 Å². The van der Waals surface area contributed by atoms with E-state index in [2.05, 4.69) is 10.6 Å². The summed E-state index contributed by atoms with van der Waals surface area (Å²) in [4.78, 5) is 24.3. The summed E-state index contributed by atoms with van der Waals surface area (Å²) >= 11 is 0. The van der Waals surface area contributed by atoms with E-state index in [-0.39, 0.29) is 10.8 Å². The van der Waals surface area contributed by atoms with Crippen molar-refractivity contribution in [3.63, 3.8) is 0 Å². The van der Waals surface area contributed by atoms with Crippen molar-refractivity contribution in [2.75, 3.05) is 19.6 Å². The average Bonchev–Trinajstić information content (AvgIpc) is 2.96. The summed E-state index contributed by atoms with van der Waals surface area (Å²) in [7, 11) is -3.54. The Morgan fingerprint density at radius 1 is 1.07 bits per heavy atom. The number of carbonyl (C=O) groups is 2. The van der Waals surface area contributed by atoms with Crippen molar-refractivity contribution in [1.82, 2.24) is 14.9 Å². The van der Waals surface area contributed by atoms with Crippen LogP contribution in [0.3, 0.4) is 0 Å². The number of amides is 2. The van der Waals surface area contributed by atoms with Gasteiger partial charge in [0, 0.05) is 25.2 Å².